The van der Waals surface area contributed by atoms with Crippen molar-refractivity contribution in [2.24, 2.45) is 0 Å². The van der Waals surface area contributed by atoms with Gasteiger partial charge >= 0.3 is 6.61 Å². The average molecular weight is 360 g/mol. The summed E-state index contributed by atoms with van der Waals surface area (Å²) < 4.78 is 29.6. The summed E-state index contributed by atoms with van der Waals surface area (Å²) in [5.41, 5.74) is 2.41. The second-order valence-corrected chi connectivity index (χ2v) is 5.34. The van der Waals surface area contributed by atoms with Crippen molar-refractivity contribution in [2.75, 3.05) is 0 Å². The third-order valence-electron chi connectivity index (χ3n) is 2.67. The summed E-state index contributed by atoms with van der Waals surface area (Å²) in [6.07, 6.45) is 0. The van der Waals surface area contributed by atoms with E-state index >= 15 is 0 Å². The lowest BCUT2D eigenvalue weighted by atomic mass is 10.00. The van der Waals surface area contributed by atoms with Crippen LogP contribution in [-0.2, 0) is 0 Å². The Hall–Kier alpha value is -1.39. The van der Waals surface area contributed by atoms with Gasteiger partial charge in [-0.05, 0) is 41.0 Å². The van der Waals surface area contributed by atoms with Crippen LogP contribution in [0.5, 0.6) is 5.75 Å². The van der Waals surface area contributed by atoms with Crippen molar-refractivity contribution >= 4 is 33.1 Å². The molecule has 0 radical (unpaired) electrons. The molecule has 2 aromatic rings. The van der Waals surface area contributed by atoms with Crippen molar-refractivity contribution in [3.8, 4) is 5.75 Å². The molecule has 5 heteroatoms. The lowest BCUT2D eigenvalue weighted by molar-refractivity contribution is -0.0497. The van der Waals surface area contributed by atoms with Crippen molar-refractivity contribution in [1.82, 2.24) is 0 Å². The quantitative estimate of drug-likeness (QED) is 0.674. The summed E-state index contributed by atoms with van der Waals surface area (Å²) in [5.74, 6) is -0.0486. The zero-order chi connectivity index (χ0) is 14.7. The minimum Gasteiger partial charge on any atom is -0.433 e. The van der Waals surface area contributed by atoms with E-state index in [1.807, 2.05) is 24.3 Å². The fraction of sp³-hybridized carbons (Fsp3) is 0.0667. The van der Waals surface area contributed by atoms with Crippen LogP contribution >= 0.6 is 27.5 Å². The van der Waals surface area contributed by atoms with Crippen LogP contribution in [0.15, 0.2) is 53.5 Å². The molecule has 0 aliphatic carbocycles. The Balaban J connectivity index is 2.30. The molecule has 2 rings (SSSR count). The molecule has 1 nitrogen and oxygen atoms in total. The maximum absolute atomic E-state index is 12.2. The SMILES string of the molecule is C=C(c1cccc(Br)c1)c1ccc(OC(F)F)c(Cl)c1. The highest BCUT2D eigenvalue weighted by Crippen LogP contribution is 2.31. The molecule has 0 saturated heterocycles. The van der Waals surface area contributed by atoms with E-state index in [-0.39, 0.29) is 10.8 Å². The Morgan fingerprint density at radius 3 is 2.45 bits per heavy atom. The van der Waals surface area contributed by atoms with Gasteiger partial charge in [0.25, 0.3) is 0 Å². The van der Waals surface area contributed by atoms with Crippen molar-refractivity contribution in [2.45, 2.75) is 6.61 Å². The second-order valence-electron chi connectivity index (χ2n) is 4.01. The maximum atomic E-state index is 12.2. The lowest BCUT2D eigenvalue weighted by Crippen LogP contribution is -2.02. The number of halogens is 4. The van der Waals surface area contributed by atoms with Crippen LogP contribution < -0.4 is 4.74 Å². The van der Waals surface area contributed by atoms with Crippen LogP contribution in [0.2, 0.25) is 5.02 Å². The summed E-state index contributed by atoms with van der Waals surface area (Å²) in [5, 5.41) is 0.124. The molecule has 0 fully saturated rings. The molecule has 2 aromatic carbocycles. The molecule has 0 heterocycles. The second kappa shape index (κ2) is 6.37. The summed E-state index contributed by atoms with van der Waals surface area (Å²) in [6.45, 7) is 1.10. The number of hydrogen-bond acceptors (Lipinski definition) is 1. The third kappa shape index (κ3) is 3.58. The van der Waals surface area contributed by atoms with Gasteiger partial charge in [-0.15, -0.1) is 0 Å². The van der Waals surface area contributed by atoms with E-state index in [1.54, 1.807) is 12.1 Å². The van der Waals surface area contributed by atoms with Crippen molar-refractivity contribution in [3.63, 3.8) is 0 Å². The van der Waals surface area contributed by atoms with E-state index in [0.717, 1.165) is 21.2 Å². The van der Waals surface area contributed by atoms with Gasteiger partial charge in [0, 0.05) is 4.47 Å². The molecule has 0 N–H and O–H groups in total. The molecule has 0 atom stereocenters. The first-order valence-electron chi connectivity index (χ1n) is 5.67. The van der Waals surface area contributed by atoms with Crippen LogP contribution in [0.25, 0.3) is 5.57 Å². The molecule has 0 aliphatic rings. The van der Waals surface area contributed by atoms with Crippen LogP contribution in [-0.4, -0.2) is 6.61 Å². The fourth-order valence-corrected chi connectivity index (χ4v) is 2.35. The Bertz CT molecular complexity index is 644. The molecule has 0 aromatic heterocycles. The first kappa shape index (κ1) is 15.0. The summed E-state index contributed by atoms with van der Waals surface area (Å²) in [6, 6.07) is 12.2. The number of rotatable bonds is 4. The Morgan fingerprint density at radius 1 is 1.15 bits per heavy atom. The van der Waals surface area contributed by atoms with E-state index in [4.69, 9.17) is 11.6 Å². The summed E-state index contributed by atoms with van der Waals surface area (Å²) in [4.78, 5) is 0. The smallest absolute Gasteiger partial charge is 0.387 e. The maximum Gasteiger partial charge on any atom is 0.387 e. The molecule has 20 heavy (non-hydrogen) atoms. The van der Waals surface area contributed by atoms with Crippen LogP contribution in [0, 0.1) is 0 Å². The molecule has 0 bridgehead atoms. The van der Waals surface area contributed by atoms with Gasteiger partial charge < -0.3 is 4.74 Å². The van der Waals surface area contributed by atoms with Gasteiger partial charge in [0.15, 0.2) is 0 Å². The van der Waals surface area contributed by atoms with Crippen molar-refractivity contribution in [3.05, 3.63) is 69.7 Å². The molecule has 0 spiro atoms. The van der Waals surface area contributed by atoms with E-state index in [1.165, 1.54) is 6.07 Å². The van der Waals surface area contributed by atoms with Crippen LogP contribution in [0.3, 0.4) is 0 Å². The highest BCUT2D eigenvalue weighted by atomic mass is 79.9. The zero-order valence-electron chi connectivity index (χ0n) is 10.2. The molecular weight excluding hydrogens is 350 g/mol. The molecule has 0 saturated carbocycles. The third-order valence-corrected chi connectivity index (χ3v) is 3.46. The van der Waals surface area contributed by atoms with E-state index in [2.05, 4.69) is 27.2 Å². The Labute approximate surface area is 129 Å². The van der Waals surface area contributed by atoms with E-state index < -0.39 is 6.61 Å². The predicted molar refractivity (Wildman–Crippen MR) is 80.4 cm³/mol. The monoisotopic (exact) mass is 358 g/mol. The number of benzene rings is 2. The van der Waals surface area contributed by atoms with Gasteiger partial charge in [-0.3, -0.25) is 0 Å². The average Bonchev–Trinajstić information content (AvgIpc) is 2.40. The van der Waals surface area contributed by atoms with Crippen LogP contribution in [0.4, 0.5) is 8.78 Å². The number of hydrogen-bond donors (Lipinski definition) is 0. The van der Waals surface area contributed by atoms with Gasteiger partial charge in [-0.1, -0.05) is 52.3 Å². The van der Waals surface area contributed by atoms with Crippen LogP contribution in [0.1, 0.15) is 11.1 Å². The van der Waals surface area contributed by atoms with Gasteiger partial charge in [0.1, 0.15) is 5.75 Å². The Kier molecular flexibility index (Phi) is 4.78. The normalized spacial score (nSPS) is 10.7. The largest absolute Gasteiger partial charge is 0.433 e. The van der Waals surface area contributed by atoms with Gasteiger partial charge in [0.2, 0.25) is 0 Å². The number of alkyl halides is 2. The van der Waals surface area contributed by atoms with Crippen molar-refractivity contribution < 1.29 is 13.5 Å². The van der Waals surface area contributed by atoms with Crippen molar-refractivity contribution in [1.29, 1.82) is 0 Å². The standard InChI is InChI=1S/C15H10BrClF2O/c1-9(10-3-2-4-12(16)7-10)11-5-6-14(13(17)8-11)20-15(18)19/h2-8,15H,1H2. The van der Waals surface area contributed by atoms with Gasteiger partial charge in [-0.2, -0.15) is 8.78 Å². The summed E-state index contributed by atoms with van der Waals surface area (Å²) in [7, 11) is 0. The molecular formula is C15H10BrClF2O. The summed E-state index contributed by atoms with van der Waals surface area (Å²) >= 11 is 9.31. The predicted octanol–water partition coefficient (Wildman–Crippen LogP) is 5.77. The molecule has 104 valence electrons. The zero-order valence-corrected chi connectivity index (χ0v) is 12.6. The highest BCUT2D eigenvalue weighted by molar-refractivity contribution is 9.10. The first-order chi connectivity index (χ1) is 9.47. The minimum atomic E-state index is -2.90. The van der Waals surface area contributed by atoms with Gasteiger partial charge in [-0.25, -0.2) is 0 Å². The molecule has 0 unspecified atom stereocenters. The fourth-order valence-electron chi connectivity index (χ4n) is 1.72. The first-order valence-corrected chi connectivity index (χ1v) is 6.84. The topological polar surface area (TPSA) is 9.23 Å². The molecule has 0 amide bonds. The number of ether oxygens (including phenoxy) is 1. The molecule has 0 aliphatic heterocycles. The van der Waals surface area contributed by atoms with Gasteiger partial charge in [0.05, 0.1) is 5.02 Å². The highest BCUT2D eigenvalue weighted by Gasteiger charge is 2.11. The Morgan fingerprint density at radius 2 is 1.85 bits per heavy atom. The minimum absolute atomic E-state index is 0.0486. The lowest BCUT2D eigenvalue weighted by Gasteiger charge is -2.10. The van der Waals surface area contributed by atoms with E-state index in [9.17, 15) is 8.78 Å². The van der Waals surface area contributed by atoms with E-state index in [0.29, 0.717) is 0 Å².